The molecular weight excluding hydrogens is 272 g/mol. The molecule has 2 aromatic rings. The number of nitrogens with one attached hydrogen (secondary N) is 1. The van der Waals surface area contributed by atoms with Crippen LogP contribution in [0.15, 0.2) is 47.8 Å². The van der Waals surface area contributed by atoms with Crippen LogP contribution >= 0.6 is 0 Å². The topological polar surface area (TPSA) is 97.5 Å². The molecule has 0 radical (unpaired) electrons. The molecular formula is C14H12N4O3. The van der Waals surface area contributed by atoms with Crippen molar-refractivity contribution in [2.75, 3.05) is 0 Å². The van der Waals surface area contributed by atoms with Crippen LogP contribution in [0.2, 0.25) is 0 Å². The molecule has 1 aromatic heterocycles. The van der Waals surface area contributed by atoms with Crippen molar-refractivity contribution < 1.29 is 9.72 Å². The highest BCUT2D eigenvalue weighted by Crippen LogP contribution is 2.18. The van der Waals surface area contributed by atoms with Crippen molar-refractivity contribution in [3.05, 3.63) is 69.5 Å². The fourth-order valence-corrected chi connectivity index (χ4v) is 1.68. The first-order valence-electron chi connectivity index (χ1n) is 6.06. The highest BCUT2D eigenvalue weighted by atomic mass is 16.6. The molecule has 0 bridgehead atoms. The molecule has 0 unspecified atom stereocenters. The van der Waals surface area contributed by atoms with Crippen LogP contribution in [0.3, 0.4) is 0 Å². The summed E-state index contributed by atoms with van der Waals surface area (Å²) in [4.78, 5) is 25.9. The number of amides is 1. The average molecular weight is 284 g/mol. The summed E-state index contributed by atoms with van der Waals surface area (Å²) in [6, 6.07) is 7.63. The number of carbonyl (C=O) groups excluding carboxylic acids is 1. The van der Waals surface area contributed by atoms with Crippen LogP contribution in [-0.4, -0.2) is 22.0 Å². The zero-order valence-electron chi connectivity index (χ0n) is 11.2. The average Bonchev–Trinajstić information content (AvgIpc) is 2.47. The molecule has 0 aliphatic heterocycles. The van der Waals surface area contributed by atoms with E-state index in [1.807, 2.05) is 0 Å². The third-order valence-electron chi connectivity index (χ3n) is 2.74. The van der Waals surface area contributed by atoms with Crippen molar-refractivity contribution in [3.63, 3.8) is 0 Å². The van der Waals surface area contributed by atoms with Crippen LogP contribution in [0.5, 0.6) is 0 Å². The molecule has 0 spiro atoms. The van der Waals surface area contributed by atoms with E-state index in [4.69, 9.17) is 0 Å². The predicted octanol–water partition coefficient (Wildman–Crippen LogP) is 2.06. The fourth-order valence-electron chi connectivity index (χ4n) is 1.68. The number of pyridine rings is 1. The standard InChI is InChI=1S/C14H12N4O3/c1-10-8-12(2-3-13(10)18(20)21)14(19)17-16-9-11-4-6-15-7-5-11/h2-9H,1H3,(H,17,19)/b16-9+. The van der Waals surface area contributed by atoms with E-state index >= 15 is 0 Å². The van der Waals surface area contributed by atoms with Crippen molar-refractivity contribution in [3.8, 4) is 0 Å². The summed E-state index contributed by atoms with van der Waals surface area (Å²) in [6.45, 7) is 1.58. The number of nitro benzene ring substituents is 1. The molecule has 1 amide bonds. The largest absolute Gasteiger partial charge is 0.272 e. The van der Waals surface area contributed by atoms with E-state index in [0.29, 0.717) is 11.1 Å². The quantitative estimate of drug-likeness (QED) is 0.528. The normalized spacial score (nSPS) is 10.5. The molecule has 7 heteroatoms. The molecule has 21 heavy (non-hydrogen) atoms. The van der Waals surface area contributed by atoms with Crippen molar-refractivity contribution in [1.82, 2.24) is 10.4 Å². The first-order chi connectivity index (χ1) is 10.1. The molecule has 1 N–H and O–H groups in total. The highest BCUT2D eigenvalue weighted by molar-refractivity contribution is 5.95. The lowest BCUT2D eigenvalue weighted by Crippen LogP contribution is -2.17. The molecule has 1 heterocycles. The smallest absolute Gasteiger partial charge is 0.267 e. The first-order valence-corrected chi connectivity index (χ1v) is 6.06. The summed E-state index contributed by atoms with van der Waals surface area (Å²) < 4.78 is 0. The molecule has 106 valence electrons. The number of aryl methyl sites for hydroxylation is 1. The number of nitrogens with zero attached hydrogens (tertiary/aromatic N) is 3. The Morgan fingerprint density at radius 1 is 1.33 bits per heavy atom. The van der Waals surface area contributed by atoms with Crippen LogP contribution in [0.25, 0.3) is 0 Å². The first kappa shape index (κ1) is 14.3. The van der Waals surface area contributed by atoms with Gasteiger partial charge in [-0.15, -0.1) is 0 Å². The Morgan fingerprint density at radius 3 is 2.67 bits per heavy atom. The minimum Gasteiger partial charge on any atom is -0.267 e. The maximum Gasteiger partial charge on any atom is 0.272 e. The van der Waals surface area contributed by atoms with Gasteiger partial charge in [0.25, 0.3) is 11.6 Å². The lowest BCUT2D eigenvalue weighted by atomic mass is 10.1. The van der Waals surface area contributed by atoms with Gasteiger partial charge in [0.15, 0.2) is 0 Å². The van der Waals surface area contributed by atoms with Gasteiger partial charge in [-0.25, -0.2) is 5.43 Å². The number of hydrogen-bond donors (Lipinski definition) is 1. The van der Waals surface area contributed by atoms with Gasteiger partial charge in [-0.3, -0.25) is 19.9 Å². The second kappa shape index (κ2) is 6.38. The van der Waals surface area contributed by atoms with E-state index in [9.17, 15) is 14.9 Å². The molecule has 0 aliphatic carbocycles. The van der Waals surface area contributed by atoms with Crippen LogP contribution in [-0.2, 0) is 0 Å². The number of carbonyl (C=O) groups is 1. The number of rotatable bonds is 4. The minimum atomic E-state index is -0.487. The van der Waals surface area contributed by atoms with Crippen LogP contribution in [0.4, 0.5) is 5.69 Å². The van der Waals surface area contributed by atoms with Crippen LogP contribution in [0, 0.1) is 17.0 Å². The second-order valence-corrected chi connectivity index (χ2v) is 4.24. The van der Waals surface area contributed by atoms with Gasteiger partial charge in [-0.1, -0.05) is 0 Å². The summed E-state index contributed by atoms with van der Waals surface area (Å²) in [5.74, 6) is -0.432. The fraction of sp³-hybridized carbons (Fsp3) is 0.0714. The van der Waals surface area contributed by atoms with Gasteiger partial charge in [-0.2, -0.15) is 5.10 Å². The van der Waals surface area contributed by atoms with Crippen molar-refractivity contribution in [2.45, 2.75) is 6.92 Å². The van der Waals surface area contributed by atoms with E-state index in [-0.39, 0.29) is 5.69 Å². The molecule has 2 rings (SSSR count). The summed E-state index contributed by atoms with van der Waals surface area (Å²) in [5, 5.41) is 14.5. The third kappa shape index (κ3) is 3.69. The molecule has 0 saturated heterocycles. The predicted molar refractivity (Wildman–Crippen MR) is 77.1 cm³/mol. The van der Waals surface area contributed by atoms with Gasteiger partial charge in [0, 0.05) is 29.6 Å². The van der Waals surface area contributed by atoms with E-state index in [2.05, 4.69) is 15.5 Å². The number of nitro groups is 1. The Labute approximate surface area is 120 Å². The lowest BCUT2D eigenvalue weighted by molar-refractivity contribution is -0.385. The summed E-state index contributed by atoms with van der Waals surface area (Å²) in [5.41, 5.74) is 3.87. The maximum atomic E-state index is 11.9. The highest BCUT2D eigenvalue weighted by Gasteiger charge is 2.13. The van der Waals surface area contributed by atoms with E-state index in [1.54, 1.807) is 31.5 Å². The SMILES string of the molecule is Cc1cc(C(=O)N/N=C/c2ccncc2)ccc1[N+](=O)[O-]. The minimum absolute atomic E-state index is 0.0214. The zero-order valence-corrected chi connectivity index (χ0v) is 11.2. The molecule has 0 aliphatic rings. The summed E-state index contributed by atoms with van der Waals surface area (Å²) in [6.07, 6.45) is 4.71. The number of hydrazone groups is 1. The maximum absolute atomic E-state index is 11.9. The molecule has 0 atom stereocenters. The molecule has 7 nitrogen and oxygen atoms in total. The Balaban J connectivity index is 2.06. The molecule has 0 saturated carbocycles. The third-order valence-corrected chi connectivity index (χ3v) is 2.74. The van der Waals surface area contributed by atoms with E-state index < -0.39 is 10.8 Å². The Bertz CT molecular complexity index is 699. The second-order valence-electron chi connectivity index (χ2n) is 4.24. The number of aromatic nitrogens is 1. The van der Waals surface area contributed by atoms with E-state index in [1.165, 1.54) is 24.4 Å². The van der Waals surface area contributed by atoms with Gasteiger partial charge >= 0.3 is 0 Å². The number of hydrogen-bond acceptors (Lipinski definition) is 5. The summed E-state index contributed by atoms with van der Waals surface area (Å²) >= 11 is 0. The van der Waals surface area contributed by atoms with Crippen molar-refractivity contribution >= 4 is 17.8 Å². The Morgan fingerprint density at radius 2 is 2.05 bits per heavy atom. The monoisotopic (exact) mass is 284 g/mol. The Kier molecular flexibility index (Phi) is 4.35. The Hall–Kier alpha value is -3.09. The van der Waals surface area contributed by atoms with Gasteiger partial charge in [0.05, 0.1) is 11.1 Å². The van der Waals surface area contributed by atoms with Crippen LogP contribution < -0.4 is 5.43 Å². The molecule has 0 fully saturated rings. The van der Waals surface area contributed by atoms with Gasteiger partial charge < -0.3 is 0 Å². The van der Waals surface area contributed by atoms with Gasteiger partial charge in [0.1, 0.15) is 0 Å². The zero-order chi connectivity index (χ0) is 15.2. The van der Waals surface area contributed by atoms with Crippen LogP contribution in [0.1, 0.15) is 21.5 Å². The lowest BCUT2D eigenvalue weighted by Gasteiger charge is -2.02. The van der Waals surface area contributed by atoms with Crippen molar-refractivity contribution in [1.29, 1.82) is 0 Å². The summed E-state index contributed by atoms with van der Waals surface area (Å²) in [7, 11) is 0. The van der Waals surface area contributed by atoms with E-state index in [0.717, 1.165) is 5.56 Å². The number of benzene rings is 1. The van der Waals surface area contributed by atoms with Gasteiger partial charge in [-0.05, 0) is 36.8 Å². The van der Waals surface area contributed by atoms with Crippen molar-refractivity contribution in [2.24, 2.45) is 5.10 Å². The van der Waals surface area contributed by atoms with Gasteiger partial charge in [0.2, 0.25) is 0 Å². The molecule has 1 aromatic carbocycles.